The van der Waals surface area contributed by atoms with Gasteiger partial charge in [-0.25, -0.2) is 14.3 Å². The fourth-order valence-corrected chi connectivity index (χ4v) is 4.44. The Balaban J connectivity index is 2.09. The second kappa shape index (κ2) is 7.98. The first kappa shape index (κ1) is 19.4. The average Bonchev–Trinajstić information content (AvgIpc) is 3.15. The van der Waals surface area contributed by atoms with E-state index < -0.39 is 24.0 Å². The van der Waals surface area contributed by atoms with E-state index in [-0.39, 0.29) is 6.54 Å². The van der Waals surface area contributed by atoms with Crippen LogP contribution in [0, 0.1) is 0 Å². The van der Waals surface area contributed by atoms with Gasteiger partial charge in [0.05, 0.1) is 3.79 Å². The number of carbonyl (C=O) groups excluding carboxylic acids is 1. The highest BCUT2D eigenvalue weighted by Crippen LogP contribution is 2.35. The van der Waals surface area contributed by atoms with Gasteiger partial charge in [0.2, 0.25) is 0 Å². The largest absolute Gasteiger partial charge is 0.382 e. The van der Waals surface area contributed by atoms with E-state index in [4.69, 9.17) is 5.21 Å². The van der Waals surface area contributed by atoms with Gasteiger partial charge in [-0.1, -0.05) is 0 Å². The molecule has 0 aliphatic carbocycles. The number of halogens is 3. The van der Waals surface area contributed by atoms with Crippen LogP contribution in [0.5, 0.6) is 0 Å². The van der Waals surface area contributed by atoms with Gasteiger partial charge in [0.25, 0.3) is 12.3 Å². The zero-order chi connectivity index (χ0) is 17.9. The molecule has 0 aliphatic rings. The van der Waals surface area contributed by atoms with E-state index in [2.05, 4.69) is 21.2 Å². The van der Waals surface area contributed by atoms with Crippen LogP contribution >= 0.6 is 38.6 Å². The van der Waals surface area contributed by atoms with Crippen molar-refractivity contribution < 1.29 is 23.9 Å². The normalized spacial score (nSPS) is 15.3. The van der Waals surface area contributed by atoms with E-state index in [1.807, 2.05) is 24.3 Å². The van der Waals surface area contributed by atoms with Crippen LogP contribution in [-0.4, -0.2) is 34.3 Å². The summed E-state index contributed by atoms with van der Waals surface area (Å²) in [5.74, 6) is -1.13. The molecule has 132 valence electrons. The van der Waals surface area contributed by atoms with Gasteiger partial charge in [-0.2, -0.15) is 0 Å². The molecule has 0 spiro atoms. The second-order valence-electron chi connectivity index (χ2n) is 5.19. The number of thiophene rings is 2. The lowest BCUT2D eigenvalue weighted by molar-refractivity contribution is -0.150. The van der Waals surface area contributed by atoms with Gasteiger partial charge in [-0.05, 0) is 47.1 Å². The van der Waals surface area contributed by atoms with Gasteiger partial charge in [-0.15, -0.1) is 22.7 Å². The highest BCUT2D eigenvalue weighted by molar-refractivity contribution is 9.11. The van der Waals surface area contributed by atoms with Crippen LogP contribution in [0.4, 0.5) is 8.78 Å². The summed E-state index contributed by atoms with van der Waals surface area (Å²) in [6.07, 6.45) is -3.16. The number of nitrogens with one attached hydrogen (secondary N) is 2. The van der Waals surface area contributed by atoms with Crippen LogP contribution in [-0.2, 0) is 11.3 Å². The van der Waals surface area contributed by atoms with Gasteiger partial charge >= 0.3 is 0 Å². The molecule has 10 heteroatoms. The van der Waals surface area contributed by atoms with E-state index >= 15 is 0 Å². The first-order valence-corrected chi connectivity index (χ1v) is 9.20. The summed E-state index contributed by atoms with van der Waals surface area (Å²) in [5, 5.41) is 21.1. The molecule has 24 heavy (non-hydrogen) atoms. The summed E-state index contributed by atoms with van der Waals surface area (Å²) in [7, 11) is 0. The Labute approximate surface area is 153 Å². The first-order chi connectivity index (χ1) is 11.3. The fraction of sp³-hybridized carbons (Fsp3) is 0.357. The molecule has 5 nitrogen and oxygen atoms in total. The molecule has 0 fully saturated rings. The molecule has 0 aliphatic heterocycles. The molecular formula is C14H15BrF2N2O3S2. The Kier molecular flexibility index (Phi) is 6.46. The molecule has 0 saturated carbocycles. The zero-order valence-corrected chi connectivity index (χ0v) is 15.6. The van der Waals surface area contributed by atoms with Crippen molar-refractivity contribution in [1.29, 1.82) is 0 Å². The Morgan fingerprint density at radius 3 is 2.46 bits per heavy atom. The van der Waals surface area contributed by atoms with E-state index in [9.17, 15) is 18.7 Å². The van der Waals surface area contributed by atoms with Crippen molar-refractivity contribution in [3.63, 3.8) is 0 Å². The molecule has 2 rings (SSSR count). The lowest BCUT2D eigenvalue weighted by Crippen LogP contribution is -2.60. The minimum absolute atomic E-state index is 0.0954. The van der Waals surface area contributed by atoms with E-state index in [1.54, 1.807) is 11.3 Å². The SMILES string of the molecule is C[C@@](O)(C(F)F)[C@H](NCc1ccc(-c2ccc(Br)s2)s1)C(=O)NO. The topological polar surface area (TPSA) is 81.6 Å². The number of hydroxylamine groups is 1. The molecule has 2 atom stereocenters. The third-order valence-corrected chi connectivity index (χ3v) is 6.26. The van der Waals surface area contributed by atoms with Crippen molar-refractivity contribution in [3.05, 3.63) is 32.9 Å². The third-order valence-electron chi connectivity index (χ3n) is 3.36. The lowest BCUT2D eigenvalue weighted by atomic mass is 9.96. The molecule has 0 aromatic carbocycles. The van der Waals surface area contributed by atoms with Gasteiger partial charge in [0, 0.05) is 21.2 Å². The molecular weight excluding hydrogens is 426 g/mol. The van der Waals surface area contributed by atoms with Crippen molar-refractivity contribution in [2.45, 2.75) is 31.5 Å². The van der Waals surface area contributed by atoms with Gasteiger partial charge < -0.3 is 5.11 Å². The Bertz CT molecular complexity index is 706. The Morgan fingerprint density at radius 2 is 1.92 bits per heavy atom. The van der Waals surface area contributed by atoms with Crippen molar-refractivity contribution in [2.75, 3.05) is 0 Å². The molecule has 0 saturated heterocycles. The van der Waals surface area contributed by atoms with Crippen LogP contribution in [0.15, 0.2) is 28.1 Å². The maximum Gasteiger partial charge on any atom is 0.268 e. The summed E-state index contributed by atoms with van der Waals surface area (Å²) < 4.78 is 26.9. The number of hydrogen-bond acceptors (Lipinski definition) is 6. The predicted octanol–water partition coefficient (Wildman–Crippen LogP) is 3.22. The quantitative estimate of drug-likeness (QED) is 0.393. The summed E-state index contributed by atoms with van der Waals surface area (Å²) in [4.78, 5) is 14.5. The Hall–Kier alpha value is -0.910. The van der Waals surface area contributed by atoms with Crippen molar-refractivity contribution >= 4 is 44.5 Å². The van der Waals surface area contributed by atoms with Gasteiger partial charge in [0.1, 0.15) is 11.6 Å². The molecule has 0 radical (unpaired) electrons. The minimum atomic E-state index is -3.16. The van der Waals surface area contributed by atoms with Crippen LogP contribution in [0.1, 0.15) is 11.8 Å². The molecule has 2 heterocycles. The Morgan fingerprint density at radius 1 is 1.29 bits per heavy atom. The summed E-state index contributed by atoms with van der Waals surface area (Å²) in [5.41, 5.74) is -1.32. The fourth-order valence-electron chi connectivity index (χ4n) is 2.01. The number of carbonyl (C=O) groups is 1. The van der Waals surface area contributed by atoms with E-state index in [0.717, 1.165) is 25.3 Å². The maximum atomic E-state index is 13.0. The van der Waals surface area contributed by atoms with Crippen LogP contribution in [0.3, 0.4) is 0 Å². The summed E-state index contributed by atoms with van der Waals surface area (Å²) >= 11 is 6.40. The standard InChI is InChI=1S/C14H15BrF2N2O3S2/c1-14(21,13(16)17)11(12(20)19-22)18-6-7-2-3-8(23-7)9-4-5-10(15)24-9/h2-5,11,13,18,21-22H,6H2,1H3,(H,19,20)/t11-,14+/m1/s1. The summed E-state index contributed by atoms with van der Waals surface area (Å²) in [6.45, 7) is 0.936. The van der Waals surface area contributed by atoms with E-state index in [0.29, 0.717) is 0 Å². The van der Waals surface area contributed by atoms with Crippen LogP contribution in [0.25, 0.3) is 9.75 Å². The smallest absolute Gasteiger partial charge is 0.268 e. The molecule has 2 aromatic rings. The van der Waals surface area contributed by atoms with Crippen molar-refractivity contribution in [3.8, 4) is 9.75 Å². The average molecular weight is 441 g/mol. The zero-order valence-electron chi connectivity index (χ0n) is 12.4. The highest BCUT2D eigenvalue weighted by atomic mass is 79.9. The molecule has 1 amide bonds. The number of amides is 1. The predicted molar refractivity (Wildman–Crippen MR) is 92.5 cm³/mol. The number of alkyl halides is 2. The second-order valence-corrected chi connectivity index (χ2v) is 8.82. The van der Waals surface area contributed by atoms with Crippen LogP contribution in [0.2, 0.25) is 0 Å². The minimum Gasteiger partial charge on any atom is -0.382 e. The lowest BCUT2D eigenvalue weighted by Gasteiger charge is -2.31. The van der Waals surface area contributed by atoms with Gasteiger partial charge in [-0.3, -0.25) is 15.3 Å². The number of hydrogen-bond donors (Lipinski definition) is 4. The third kappa shape index (κ3) is 4.38. The molecule has 4 N–H and O–H groups in total. The molecule has 0 bridgehead atoms. The maximum absolute atomic E-state index is 13.0. The number of rotatable bonds is 7. The van der Waals surface area contributed by atoms with E-state index in [1.165, 1.54) is 16.8 Å². The summed E-state index contributed by atoms with van der Waals surface area (Å²) in [6, 6.07) is 5.93. The van der Waals surface area contributed by atoms with Crippen LogP contribution < -0.4 is 10.8 Å². The number of aliphatic hydroxyl groups is 1. The highest BCUT2D eigenvalue weighted by Gasteiger charge is 2.44. The van der Waals surface area contributed by atoms with Gasteiger partial charge in [0.15, 0.2) is 0 Å². The first-order valence-electron chi connectivity index (χ1n) is 6.78. The molecule has 0 unspecified atom stereocenters. The van der Waals surface area contributed by atoms with Crippen molar-refractivity contribution in [2.24, 2.45) is 0 Å². The monoisotopic (exact) mass is 440 g/mol. The van der Waals surface area contributed by atoms with Crippen molar-refractivity contribution in [1.82, 2.24) is 10.8 Å². The molecule has 2 aromatic heterocycles.